The summed E-state index contributed by atoms with van der Waals surface area (Å²) in [5.41, 5.74) is 4.25. The van der Waals surface area contributed by atoms with E-state index in [1.165, 1.54) is 27.3 Å². The zero-order chi connectivity index (χ0) is 20.7. The maximum Gasteiger partial charge on any atom is 0.348 e. The van der Waals surface area contributed by atoms with Crippen LogP contribution in [0.15, 0.2) is 48.5 Å². The van der Waals surface area contributed by atoms with Gasteiger partial charge in [-0.05, 0) is 62.1 Å². The number of nitrogens with one attached hydrogen (secondary N) is 1. The van der Waals surface area contributed by atoms with Gasteiger partial charge in [-0.1, -0.05) is 18.2 Å². The van der Waals surface area contributed by atoms with E-state index >= 15 is 0 Å². The van der Waals surface area contributed by atoms with Crippen molar-refractivity contribution < 1.29 is 14.3 Å². The van der Waals surface area contributed by atoms with E-state index in [0.29, 0.717) is 10.6 Å². The van der Waals surface area contributed by atoms with Crippen LogP contribution >= 0.6 is 11.3 Å². The van der Waals surface area contributed by atoms with Crippen LogP contribution in [-0.2, 0) is 28.9 Å². The number of anilines is 1. The molecule has 1 amide bonds. The standard InChI is InChI=1S/C24H22N2O3S/c1-2-26-19-8-4-3-7-17(19)18-13-16(10-11-20(18)26)25-23(27)14-29-24(28)22-12-15-6-5-9-21(15)30-22/h3-4,7-8,10-13H,2,5-6,9,14H2,1H3,(H,25,27). The summed E-state index contributed by atoms with van der Waals surface area (Å²) in [6.45, 7) is 2.70. The van der Waals surface area contributed by atoms with Crippen molar-refractivity contribution in [2.24, 2.45) is 0 Å². The van der Waals surface area contributed by atoms with Gasteiger partial charge in [0.1, 0.15) is 4.88 Å². The fraction of sp³-hybridized carbons (Fsp3) is 0.250. The topological polar surface area (TPSA) is 60.3 Å². The van der Waals surface area contributed by atoms with Crippen molar-refractivity contribution in [1.82, 2.24) is 4.57 Å². The first kappa shape index (κ1) is 18.9. The lowest BCUT2D eigenvalue weighted by molar-refractivity contribution is -0.119. The van der Waals surface area contributed by atoms with Crippen LogP contribution in [0.1, 0.15) is 33.5 Å². The van der Waals surface area contributed by atoms with Gasteiger partial charge in [-0.3, -0.25) is 4.79 Å². The van der Waals surface area contributed by atoms with Gasteiger partial charge in [0.25, 0.3) is 5.91 Å². The summed E-state index contributed by atoms with van der Waals surface area (Å²) in [7, 11) is 0. The number of para-hydroxylation sites is 1. The molecule has 0 atom stereocenters. The zero-order valence-corrected chi connectivity index (χ0v) is 17.6. The van der Waals surface area contributed by atoms with Gasteiger partial charge in [0.05, 0.1) is 0 Å². The van der Waals surface area contributed by atoms with Gasteiger partial charge in [0, 0.05) is 38.9 Å². The summed E-state index contributed by atoms with van der Waals surface area (Å²) in [5.74, 6) is -0.767. The van der Waals surface area contributed by atoms with E-state index in [0.717, 1.165) is 42.1 Å². The number of carbonyl (C=O) groups excluding carboxylic acids is 2. The molecule has 0 spiro atoms. The fourth-order valence-corrected chi connectivity index (χ4v) is 5.45. The van der Waals surface area contributed by atoms with Crippen LogP contribution < -0.4 is 5.32 Å². The number of amides is 1. The molecular weight excluding hydrogens is 396 g/mol. The Balaban J connectivity index is 1.29. The Hall–Kier alpha value is -3.12. The van der Waals surface area contributed by atoms with Gasteiger partial charge in [0.15, 0.2) is 6.61 Å². The summed E-state index contributed by atoms with van der Waals surface area (Å²) < 4.78 is 7.49. The summed E-state index contributed by atoms with van der Waals surface area (Å²) >= 11 is 1.48. The highest BCUT2D eigenvalue weighted by atomic mass is 32.1. The normalized spacial score (nSPS) is 13.0. The summed E-state index contributed by atoms with van der Waals surface area (Å²) in [5, 5.41) is 5.10. The number of aromatic nitrogens is 1. The van der Waals surface area contributed by atoms with Crippen molar-refractivity contribution in [2.45, 2.75) is 32.7 Å². The maximum atomic E-state index is 12.4. The molecule has 5 nitrogen and oxygen atoms in total. The lowest BCUT2D eigenvalue weighted by atomic mass is 10.1. The molecule has 0 unspecified atom stereocenters. The van der Waals surface area contributed by atoms with Gasteiger partial charge in [-0.25, -0.2) is 4.79 Å². The van der Waals surface area contributed by atoms with Crippen molar-refractivity contribution in [3.63, 3.8) is 0 Å². The highest BCUT2D eigenvalue weighted by Gasteiger charge is 2.20. The third kappa shape index (κ3) is 3.27. The second-order valence-electron chi connectivity index (χ2n) is 7.53. The first-order valence-corrected chi connectivity index (χ1v) is 11.0. The lowest BCUT2D eigenvalue weighted by Crippen LogP contribution is -2.20. The molecule has 0 bridgehead atoms. The fourth-order valence-electron chi connectivity index (χ4n) is 4.30. The minimum Gasteiger partial charge on any atom is -0.451 e. The monoisotopic (exact) mass is 418 g/mol. The quantitative estimate of drug-likeness (QED) is 0.456. The van der Waals surface area contributed by atoms with Gasteiger partial charge < -0.3 is 14.6 Å². The molecule has 0 aliphatic heterocycles. The number of esters is 1. The Bertz CT molecular complexity index is 1260. The number of nitrogens with zero attached hydrogens (tertiary/aromatic N) is 1. The van der Waals surface area contributed by atoms with Crippen molar-refractivity contribution >= 4 is 50.7 Å². The number of fused-ring (bicyclic) bond motifs is 4. The Kier molecular flexibility index (Phi) is 4.79. The Morgan fingerprint density at radius 2 is 1.90 bits per heavy atom. The molecule has 1 N–H and O–H groups in total. The maximum absolute atomic E-state index is 12.4. The minimum atomic E-state index is -0.425. The van der Waals surface area contributed by atoms with Crippen LogP contribution in [0.25, 0.3) is 21.8 Å². The van der Waals surface area contributed by atoms with Crippen LogP contribution in [0.4, 0.5) is 5.69 Å². The van der Waals surface area contributed by atoms with Gasteiger partial charge in [-0.2, -0.15) is 0 Å². The van der Waals surface area contributed by atoms with Gasteiger partial charge >= 0.3 is 5.97 Å². The zero-order valence-electron chi connectivity index (χ0n) is 16.7. The summed E-state index contributed by atoms with van der Waals surface area (Å²) in [6, 6.07) is 16.1. The number of benzene rings is 2. The predicted molar refractivity (Wildman–Crippen MR) is 120 cm³/mol. The molecule has 152 valence electrons. The van der Waals surface area contributed by atoms with Crippen LogP contribution in [-0.4, -0.2) is 23.1 Å². The van der Waals surface area contributed by atoms with Crippen molar-refractivity contribution in [1.29, 1.82) is 0 Å². The molecule has 2 aromatic heterocycles. The van der Waals surface area contributed by atoms with Gasteiger partial charge in [0.2, 0.25) is 0 Å². The third-order valence-electron chi connectivity index (χ3n) is 5.65. The van der Waals surface area contributed by atoms with Crippen LogP contribution in [0, 0.1) is 0 Å². The highest BCUT2D eigenvalue weighted by molar-refractivity contribution is 7.14. The van der Waals surface area contributed by atoms with E-state index < -0.39 is 5.97 Å². The van der Waals surface area contributed by atoms with E-state index in [2.05, 4.69) is 28.9 Å². The third-order valence-corrected chi connectivity index (χ3v) is 6.87. The minimum absolute atomic E-state index is 0.295. The molecule has 2 aromatic carbocycles. The first-order valence-electron chi connectivity index (χ1n) is 10.2. The Morgan fingerprint density at radius 3 is 2.73 bits per heavy atom. The van der Waals surface area contributed by atoms with E-state index in [-0.39, 0.29) is 12.5 Å². The number of hydrogen-bond acceptors (Lipinski definition) is 4. The van der Waals surface area contributed by atoms with E-state index in [4.69, 9.17) is 4.74 Å². The molecule has 0 saturated carbocycles. The van der Waals surface area contributed by atoms with Gasteiger partial charge in [-0.15, -0.1) is 11.3 Å². The molecule has 2 heterocycles. The number of rotatable bonds is 5. The largest absolute Gasteiger partial charge is 0.451 e. The first-order chi connectivity index (χ1) is 14.6. The molecule has 4 aromatic rings. The lowest BCUT2D eigenvalue weighted by Gasteiger charge is -2.07. The average Bonchev–Trinajstić information content (AvgIpc) is 3.43. The van der Waals surface area contributed by atoms with Crippen LogP contribution in [0.3, 0.4) is 0 Å². The smallest absolute Gasteiger partial charge is 0.348 e. The van der Waals surface area contributed by atoms with Crippen molar-refractivity contribution in [3.05, 3.63) is 63.8 Å². The molecule has 0 fully saturated rings. The second-order valence-corrected chi connectivity index (χ2v) is 8.67. The summed E-state index contributed by atoms with van der Waals surface area (Å²) in [4.78, 5) is 26.5. The molecule has 30 heavy (non-hydrogen) atoms. The van der Waals surface area contributed by atoms with E-state index in [1.807, 2.05) is 36.4 Å². The second kappa shape index (κ2) is 7.61. The SMILES string of the molecule is CCn1c2ccccc2c2cc(NC(=O)COC(=O)c3cc4c(s3)CCC4)ccc21. The predicted octanol–water partition coefficient (Wildman–Crippen LogP) is 5.16. The molecule has 5 rings (SSSR count). The number of aryl methyl sites for hydroxylation is 3. The van der Waals surface area contributed by atoms with Crippen LogP contribution in [0.2, 0.25) is 0 Å². The number of carbonyl (C=O) groups is 2. The highest BCUT2D eigenvalue weighted by Crippen LogP contribution is 2.32. The Labute approximate surface area is 178 Å². The summed E-state index contributed by atoms with van der Waals surface area (Å²) in [6.07, 6.45) is 3.21. The molecule has 1 aliphatic carbocycles. The number of thiophene rings is 1. The molecular formula is C24H22N2O3S. The average molecular weight is 419 g/mol. The Morgan fingerprint density at radius 1 is 1.07 bits per heavy atom. The van der Waals surface area contributed by atoms with Crippen molar-refractivity contribution in [2.75, 3.05) is 11.9 Å². The van der Waals surface area contributed by atoms with E-state index in [9.17, 15) is 9.59 Å². The molecule has 0 saturated heterocycles. The molecule has 0 radical (unpaired) electrons. The molecule has 6 heteroatoms. The van der Waals surface area contributed by atoms with Crippen molar-refractivity contribution in [3.8, 4) is 0 Å². The molecule has 1 aliphatic rings. The number of ether oxygens (including phenoxy) is 1. The van der Waals surface area contributed by atoms with Crippen LogP contribution in [0.5, 0.6) is 0 Å². The van der Waals surface area contributed by atoms with E-state index in [1.54, 1.807) is 0 Å². The number of hydrogen-bond donors (Lipinski definition) is 1.